The Morgan fingerprint density at radius 2 is 2.00 bits per heavy atom. The van der Waals surface area contributed by atoms with Crippen LogP contribution in [0.3, 0.4) is 0 Å². The number of hydrogen-bond acceptors (Lipinski definition) is 6. The minimum atomic E-state index is -1.23. The Kier molecular flexibility index (Phi) is 2.91. The van der Waals surface area contributed by atoms with Crippen molar-refractivity contribution in [1.29, 1.82) is 0 Å². The Morgan fingerprint density at radius 3 is 2.69 bits per heavy atom. The van der Waals surface area contributed by atoms with Crippen LogP contribution in [0, 0.1) is 34.0 Å². The minimum Gasteiger partial charge on any atom is -0.462 e. The molecule has 5 rings (SSSR count). The Morgan fingerprint density at radius 1 is 1.27 bits per heavy atom. The van der Waals surface area contributed by atoms with Crippen LogP contribution in [0.4, 0.5) is 0 Å². The van der Waals surface area contributed by atoms with Crippen molar-refractivity contribution in [2.45, 2.75) is 57.8 Å². The number of carbonyl (C=O) groups excluding carboxylic acids is 3. The zero-order valence-corrected chi connectivity index (χ0v) is 15.1. The van der Waals surface area contributed by atoms with Crippen LogP contribution in [0.1, 0.15) is 39.5 Å². The maximum absolute atomic E-state index is 13.1. The average Bonchev–Trinajstić information content (AvgIpc) is 2.77. The molecule has 6 nitrogen and oxygen atoms in total. The zero-order chi connectivity index (χ0) is 18.6. The number of carbonyl (C=O) groups is 3. The summed E-state index contributed by atoms with van der Waals surface area (Å²) in [5, 5.41) is 11.0. The van der Waals surface area contributed by atoms with Crippen molar-refractivity contribution >= 4 is 18.2 Å². The summed E-state index contributed by atoms with van der Waals surface area (Å²) in [5.74, 6) is -2.15. The van der Waals surface area contributed by atoms with Crippen LogP contribution in [0.15, 0.2) is 12.2 Å². The Balaban J connectivity index is 1.79. The number of aliphatic hydroxyl groups excluding tert-OH is 1. The molecule has 3 saturated carbocycles. The second kappa shape index (κ2) is 4.58. The smallest absolute Gasteiger partial charge is 0.315 e. The van der Waals surface area contributed by atoms with Gasteiger partial charge < -0.3 is 19.4 Å². The molecule has 2 saturated heterocycles. The molecule has 0 radical (unpaired) electrons. The van der Waals surface area contributed by atoms with Gasteiger partial charge in [0, 0.05) is 5.92 Å². The summed E-state index contributed by atoms with van der Waals surface area (Å²) in [6, 6.07) is 0. The highest BCUT2D eigenvalue weighted by molar-refractivity contribution is 5.89. The van der Waals surface area contributed by atoms with E-state index < -0.39 is 52.4 Å². The molecule has 3 aliphatic carbocycles. The summed E-state index contributed by atoms with van der Waals surface area (Å²) < 4.78 is 11.6. The first kappa shape index (κ1) is 16.5. The molecule has 1 N–H and O–H groups in total. The van der Waals surface area contributed by atoms with Crippen molar-refractivity contribution in [3.05, 3.63) is 12.2 Å². The van der Waals surface area contributed by atoms with Gasteiger partial charge in [0.1, 0.15) is 23.9 Å². The standard InChI is InChI=1S/C20H24O6/c1-9-10-6-11-13-19(7-10,15(9)22)17(24)26-12-4-5-18(2,3)14(16(23)25-11)20(12,13)8-21/h8,10-15,22H,1,4-7H2,2-3H3. The second-order valence-corrected chi connectivity index (χ2v) is 9.58. The van der Waals surface area contributed by atoms with Gasteiger partial charge in [0.2, 0.25) is 0 Å². The number of rotatable bonds is 1. The summed E-state index contributed by atoms with van der Waals surface area (Å²) >= 11 is 0. The van der Waals surface area contributed by atoms with Crippen molar-refractivity contribution in [1.82, 2.24) is 0 Å². The summed E-state index contributed by atoms with van der Waals surface area (Å²) in [4.78, 5) is 38.8. The lowest BCUT2D eigenvalue weighted by Gasteiger charge is -2.65. The summed E-state index contributed by atoms with van der Waals surface area (Å²) in [6.45, 7) is 7.94. The third-order valence-electron chi connectivity index (χ3n) is 8.16. The van der Waals surface area contributed by atoms with Crippen LogP contribution in [0.2, 0.25) is 0 Å². The van der Waals surface area contributed by atoms with E-state index in [1.54, 1.807) is 0 Å². The number of hydrogen-bond donors (Lipinski definition) is 1. The van der Waals surface area contributed by atoms with Gasteiger partial charge in [-0.05, 0) is 42.6 Å². The van der Waals surface area contributed by atoms with Crippen LogP contribution in [0.5, 0.6) is 0 Å². The van der Waals surface area contributed by atoms with Crippen molar-refractivity contribution < 1.29 is 29.0 Å². The highest BCUT2D eigenvalue weighted by Gasteiger charge is 2.80. The monoisotopic (exact) mass is 360 g/mol. The van der Waals surface area contributed by atoms with E-state index in [4.69, 9.17) is 9.47 Å². The number of aldehydes is 1. The third-order valence-corrected chi connectivity index (χ3v) is 8.16. The van der Waals surface area contributed by atoms with E-state index in [-0.39, 0.29) is 11.9 Å². The van der Waals surface area contributed by atoms with Crippen molar-refractivity contribution in [2.75, 3.05) is 0 Å². The predicted octanol–water partition coefficient (Wildman–Crippen LogP) is 1.40. The second-order valence-electron chi connectivity index (χ2n) is 9.58. The lowest BCUT2D eigenvalue weighted by molar-refractivity contribution is -0.280. The van der Waals surface area contributed by atoms with Crippen LogP contribution in [-0.2, 0) is 23.9 Å². The Bertz CT molecular complexity index is 755. The summed E-state index contributed by atoms with van der Waals surface area (Å²) in [6.07, 6.45) is 0.745. The molecule has 140 valence electrons. The van der Waals surface area contributed by atoms with Gasteiger partial charge >= 0.3 is 11.9 Å². The largest absolute Gasteiger partial charge is 0.462 e. The highest BCUT2D eigenvalue weighted by atomic mass is 16.6. The predicted molar refractivity (Wildman–Crippen MR) is 88.6 cm³/mol. The molecule has 26 heavy (non-hydrogen) atoms. The fraction of sp³-hybridized carbons (Fsp3) is 0.750. The SMILES string of the molecule is C=C1C2CC3OC(=O)C4C(C)(C)CCC5OC(=O)C(C2)(C1O)C3C54C=O. The molecule has 0 aromatic rings. The number of ether oxygens (including phenoxy) is 2. The first-order chi connectivity index (χ1) is 12.2. The molecule has 2 bridgehead atoms. The van der Waals surface area contributed by atoms with Crippen LogP contribution < -0.4 is 0 Å². The topological polar surface area (TPSA) is 89.9 Å². The quantitative estimate of drug-likeness (QED) is 0.432. The van der Waals surface area contributed by atoms with E-state index in [0.717, 1.165) is 6.29 Å². The van der Waals surface area contributed by atoms with Gasteiger partial charge in [-0.2, -0.15) is 0 Å². The van der Waals surface area contributed by atoms with E-state index in [9.17, 15) is 19.5 Å². The Labute approximate surface area is 151 Å². The minimum absolute atomic E-state index is 0.0972. The molecule has 5 aliphatic rings. The van der Waals surface area contributed by atoms with E-state index in [1.165, 1.54) is 0 Å². The molecule has 0 aromatic carbocycles. The maximum atomic E-state index is 13.1. The first-order valence-electron chi connectivity index (χ1n) is 9.45. The molecular weight excluding hydrogens is 336 g/mol. The summed E-state index contributed by atoms with van der Waals surface area (Å²) in [5.41, 5.74) is -2.21. The molecule has 8 unspecified atom stereocenters. The molecule has 2 heterocycles. The number of fused-ring (bicyclic) bond motifs is 1. The van der Waals surface area contributed by atoms with Crippen molar-refractivity contribution in [3.63, 3.8) is 0 Å². The van der Waals surface area contributed by atoms with Gasteiger partial charge in [0.05, 0.1) is 17.4 Å². The highest BCUT2D eigenvalue weighted by Crippen LogP contribution is 2.71. The fourth-order valence-corrected chi connectivity index (χ4v) is 7.19. The molecule has 0 amide bonds. The van der Waals surface area contributed by atoms with Gasteiger partial charge in [0.25, 0.3) is 0 Å². The van der Waals surface area contributed by atoms with Gasteiger partial charge in [-0.25, -0.2) is 0 Å². The van der Waals surface area contributed by atoms with Crippen molar-refractivity contribution in [2.24, 2.45) is 34.0 Å². The van der Waals surface area contributed by atoms with E-state index in [2.05, 4.69) is 6.58 Å². The van der Waals surface area contributed by atoms with Crippen LogP contribution >= 0.6 is 0 Å². The number of esters is 2. The van der Waals surface area contributed by atoms with Gasteiger partial charge in [-0.15, -0.1) is 0 Å². The lowest BCUT2D eigenvalue weighted by atomic mass is 9.42. The van der Waals surface area contributed by atoms with E-state index >= 15 is 0 Å². The van der Waals surface area contributed by atoms with E-state index in [1.807, 2.05) is 13.8 Å². The zero-order valence-electron chi connectivity index (χ0n) is 15.1. The molecule has 0 aromatic heterocycles. The number of aliphatic hydroxyl groups is 1. The van der Waals surface area contributed by atoms with Crippen molar-refractivity contribution in [3.8, 4) is 0 Å². The maximum Gasteiger partial charge on any atom is 0.315 e. The average molecular weight is 360 g/mol. The Hall–Kier alpha value is -1.69. The molecule has 5 fully saturated rings. The van der Waals surface area contributed by atoms with Crippen LogP contribution in [-0.4, -0.2) is 41.6 Å². The molecule has 2 aliphatic heterocycles. The fourth-order valence-electron chi connectivity index (χ4n) is 7.19. The molecular formula is C20H24O6. The van der Waals surface area contributed by atoms with E-state index in [0.29, 0.717) is 31.3 Å². The third kappa shape index (κ3) is 1.50. The normalized spacial score (nSPS) is 53.4. The van der Waals surface area contributed by atoms with Gasteiger partial charge in [-0.3, -0.25) is 9.59 Å². The van der Waals surface area contributed by atoms with Gasteiger partial charge in [-0.1, -0.05) is 20.4 Å². The molecule has 8 atom stereocenters. The molecule has 6 heteroatoms. The first-order valence-corrected chi connectivity index (χ1v) is 9.45. The van der Waals surface area contributed by atoms with Gasteiger partial charge in [0.15, 0.2) is 0 Å². The van der Waals surface area contributed by atoms with Crippen LogP contribution in [0.25, 0.3) is 0 Å². The lowest BCUT2D eigenvalue weighted by Crippen LogP contribution is -2.75. The summed E-state index contributed by atoms with van der Waals surface area (Å²) in [7, 11) is 0. The molecule has 1 spiro atoms.